The summed E-state index contributed by atoms with van der Waals surface area (Å²) in [7, 11) is 0. The first kappa shape index (κ1) is 14.3. The molecule has 0 radical (unpaired) electrons. The molecule has 0 aliphatic carbocycles. The molecule has 1 aromatic carbocycles. The Balaban J connectivity index is 2.88. The topological polar surface area (TPSA) is 12.0 Å². The monoisotopic (exact) mass is 251 g/mol. The van der Waals surface area contributed by atoms with Gasteiger partial charge in [0.1, 0.15) is 0 Å². The summed E-state index contributed by atoms with van der Waals surface area (Å²) in [5, 5.41) is 4.37. The average molecular weight is 252 g/mol. The van der Waals surface area contributed by atoms with Gasteiger partial charge in [-0.1, -0.05) is 36.2 Å². The number of rotatable bonds is 6. The van der Waals surface area contributed by atoms with Crippen molar-refractivity contribution in [2.24, 2.45) is 0 Å². The SMILES string of the molecule is C=C(C)CCC(NCC)c1cccc(Cl)c1C. The number of nitrogens with one attached hydrogen (secondary N) is 1. The van der Waals surface area contributed by atoms with Crippen LogP contribution in [0.3, 0.4) is 0 Å². The molecule has 0 aliphatic rings. The van der Waals surface area contributed by atoms with Gasteiger partial charge in [0.05, 0.1) is 0 Å². The molecule has 0 saturated heterocycles. The summed E-state index contributed by atoms with van der Waals surface area (Å²) in [5.74, 6) is 0. The Morgan fingerprint density at radius 3 is 2.76 bits per heavy atom. The predicted octanol–water partition coefficient (Wildman–Crippen LogP) is 4.66. The van der Waals surface area contributed by atoms with E-state index in [4.69, 9.17) is 11.6 Å². The maximum atomic E-state index is 6.18. The Kier molecular flexibility index (Phi) is 5.73. The van der Waals surface area contributed by atoms with Crippen LogP contribution in [0.15, 0.2) is 30.4 Å². The molecule has 1 aromatic rings. The molecule has 1 rings (SSSR count). The highest BCUT2D eigenvalue weighted by molar-refractivity contribution is 6.31. The molecule has 0 spiro atoms. The molecular weight excluding hydrogens is 230 g/mol. The minimum atomic E-state index is 0.371. The van der Waals surface area contributed by atoms with Crippen LogP contribution in [0.5, 0.6) is 0 Å². The van der Waals surface area contributed by atoms with Crippen LogP contribution in [0, 0.1) is 6.92 Å². The van der Waals surface area contributed by atoms with Gasteiger partial charge in [-0.05, 0) is 50.4 Å². The minimum absolute atomic E-state index is 0.371. The first-order chi connectivity index (χ1) is 8.06. The van der Waals surface area contributed by atoms with Gasteiger partial charge in [0.2, 0.25) is 0 Å². The van der Waals surface area contributed by atoms with Crippen LogP contribution in [0.4, 0.5) is 0 Å². The molecule has 1 N–H and O–H groups in total. The second-order valence-corrected chi connectivity index (χ2v) is 4.97. The number of hydrogen-bond donors (Lipinski definition) is 1. The van der Waals surface area contributed by atoms with Crippen LogP contribution >= 0.6 is 11.6 Å². The lowest BCUT2D eigenvalue weighted by atomic mass is 9.96. The van der Waals surface area contributed by atoms with Gasteiger partial charge in [0, 0.05) is 11.1 Å². The Labute approximate surface area is 110 Å². The third-order valence-electron chi connectivity index (χ3n) is 3.00. The lowest BCUT2D eigenvalue weighted by molar-refractivity contribution is 0.512. The Morgan fingerprint density at radius 1 is 1.47 bits per heavy atom. The molecule has 0 fully saturated rings. The van der Waals surface area contributed by atoms with E-state index in [2.05, 4.69) is 38.7 Å². The van der Waals surface area contributed by atoms with Crippen molar-refractivity contribution in [1.29, 1.82) is 0 Å². The molecule has 17 heavy (non-hydrogen) atoms. The van der Waals surface area contributed by atoms with Crippen LogP contribution in [0.1, 0.15) is 43.9 Å². The third kappa shape index (κ3) is 4.18. The Bertz CT molecular complexity index is 385. The van der Waals surface area contributed by atoms with Crippen molar-refractivity contribution < 1.29 is 0 Å². The van der Waals surface area contributed by atoms with Gasteiger partial charge in [-0.25, -0.2) is 0 Å². The zero-order chi connectivity index (χ0) is 12.8. The van der Waals surface area contributed by atoms with E-state index in [-0.39, 0.29) is 0 Å². The van der Waals surface area contributed by atoms with Crippen molar-refractivity contribution in [2.75, 3.05) is 6.54 Å². The highest BCUT2D eigenvalue weighted by Gasteiger charge is 2.13. The summed E-state index contributed by atoms with van der Waals surface area (Å²) in [6.07, 6.45) is 2.12. The van der Waals surface area contributed by atoms with E-state index < -0.39 is 0 Å². The van der Waals surface area contributed by atoms with E-state index in [1.165, 1.54) is 16.7 Å². The summed E-state index contributed by atoms with van der Waals surface area (Å²) in [4.78, 5) is 0. The van der Waals surface area contributed by atoms with E-state index in [0.717, 1.165) is 24.4 Å². The first-order valence-electron chi connectivity index (χ1n) is 6.19. The first-order valence-corrected chi connectivity index (χ1v) is 6.56. The molecule has 0 aromatic heterocycles. The number of benzene rings is 1. The highest BCUT2D eigenvalue weighted by atomic mass is 35.5. The third-order valence-corrected chi connectivity index (χ3v) is 3.40. The van der Waals surface area contributed by atoms with Gasteiger partial charge in [-0.2, -0.15) is 0 Å². The molecule has 0 saturated carbocycles. The molecule has 0 bridgehead atoms. The Hall–Kier alpha value is -0.790. The van der Waals surface area contributed by atoms with Gasteiger partial charge in [-0.3, -0.25) is 0 Å². The highest BCUT2D eigenvalue weighted by Crippen LogP contribution is 2.27. The van der Waals surface area contributed by atoms with Crippen LogP contribution in [0.2, 0.25) is 5.02 Å². The number of hydrogen-bond acceptors (Lipinski definition) is 1. The molecule has 1 nitrogen and oxygen atoms in total. The fraction of sp³-hybridized carbons (Fsp3) is 0.467. The molecule has 1 unspecified atom stereocenters. The van der Waals surface area contributed by atoms with Crippen molar-refractivity contribution in [3.8, 4) is 0 Å². The van der Waals surface area contributed by atoms with Crippen molar-refractivity contribution in [2.45, 2.75) is 39.7 Å². The van der Waals surface area contributed by atoms with E-state index in [9.17, 15) is 0 Å². The van der Waals surface area contributed by atoms with E-state index in [0.29, 0.717) is 6.04 Å². The summed E-state index contributed by atoms with van der Waals surface area (Å²) in [6.45, 7) is 11.2. The zero-order valence-corrected chi connectivity index (χ0v) is 11.8. The molecule has 0 heterocycles. The molecular formula is C15H22ClN. The molecule has 2 heteroatoms. The van der Waals surface area contributed by atoms with Gasteiger partial charge in [0.25, 0.3) is 0 Å². The Morgan fingerprint density at radius 2 is 2.18 bits per heavy atom. The molecule has 1 atom stereocenters. The van der Waals surface area contributed by atoms with E-state index in [1.54, 1.807) is 0 Å². The smallest absolute Gasteiger partial charge is 0.0438 e. The standard InChI is InChI=1S/C15H22ClN/c1-5-17-15(10-9-11(2)3)13-7-6-8-14(16)12(13)4/h6-8,15,17H,2,5,9-10H2,1,3-4H3. The van der Waals surface area contributed by atoms with Crippen molar-refractivity contribution >= 4 is 11.6 Å². The normalized spacial score (nSPS) is 12.5. The maximum Gasteiger partial charge on any atom is 0.0438 e. The maximum absolute atomic E-state index is 6.18. The molecule has 94 valence electrons. The molecule has 0 amide bonds. The number of allylic oxidation sites excluding steroid dienone is 1. The van der Waals surface area contributed by atoms with Gasteiger partial charge < -0.3 is 5.32 Å². The van der Waals surface area contributed by atoms with E-state index in [1.807, 2.05) is 12.1 Å². The van der Waals surface area contributed by atoms with Crippen molar-refractivity contribution in [1.82, 2.24) is 5.32 Å². The van der Waals surface area contributed by atoms with Gasteiger partial charge in [0.15, 0.2) is 0 Å². The fourth-order valence-electron chi connectivity index (χ4n) is 2.01. The zero-order valence-electron chi connectivity index (χ0n) is 11.0. The second-order valence-electron chi connectivity index (χ2n) is 4.56. The van der Waals surface area contributed by atoms with Crippen molar-refractivity contribution in [3.63, 3.8) is 0 Å². The largest absolute Gasteiger partial charge is 0.310 e. The lowest BCUT2D eigenvalue weighted by Crippen LogP contribution is -2.21. The van der Waals surface area contributed by atoms with Gasteiger partial charge >= 0.3 is 0 Å². The number of halogens is 1. The summed E-state index contributed by atoms with van der Waals surface area (Å²) in [6, 6.07) is 6.50. The van der Waals surface area contributed by atoms with Crippen LogP contribution in [-0.4, -0.2) is 6.54 Å². The summed E-state index contributed by atoms with van der Waals surface area (Å²) < 4.78 is 0. The summed E-state index contributed by atoms with van der Waals surface area (Å²) in [5.41, 5.74) is 3.72. The minimum Gasteiger partial charge on any atom is -0.310 e. The summed E-state index contributed by atoms with van der Waals surface area (Å²) >= 11 is 6.18. The lowest BCUT2D eigenvalue weighted by Gasteiger charge is -2.21. The van der Waals surface area contributed by atoms with Crippen LogP contribution in [-0.2, 0) is 0 Å². The van der Waals surface area contributed by atoms with Crippen LogP contribution in [0.25, 0.3) is 0 Å². The predicted molar refractivity (Wildman–Crippen MR) is 76.7 cm³/mol. The second kappa shape index (κ2) is 6.83. The van der Waals surface area contributed by atoms with Crippen molar-refractivity contribution in [3.05, 3.63) is 46.5 Å². The average Bonchev–Trinajstić information content (AvgIpc) is 2.28. The fourth-order valence-corrected chi connectivity index (χ4v) is 2.19. The van der Waals surface area contributed by atoms with E-state index >= 15 is 0 Å². The quantitative estimate of drug-likeness (QED) is 0.726. The van der Waals surface area contributed by atoms with Gasteiger partial charge in [-0.15, -0.1) is 6.58 Å². The molecule has 0 aliphatic heterocycles. The van der Waals surface area contributed by atoms with Crippen LogP contribution < -0.4 is 5.32 Å².